The van der Waals surface area contributed by atoms with Crippen molar-refractivity contribution < 1.29 is 17.9 Å². The molecular formula is C17H27N3O4S. The summed E-state index contributed by atoms with van der Waals surface area (Å²) in [4.78, 5) is 14.0. The summed E-state index contributed by atoms with van der Waals surface area (Å²) in [6.45, 7) is 6.42. The molecule has 1 heterocycles. The Kier molecular flexibility index (Phi) is 5.63. The number of nitrogens with two attached hydrogens (primary N) is 1. The molecule has 0 unspecified atom stereocenters. The molecule has 0 aromatic heterocycles. The Morgan fingerprint density at radius 3 is 2.20 bits per heavy atom. The van der Waals surface area contributed by atoms with Crippen LogP contribution in [0.3, 0.4) is 0 Å². The Morgan fingerprint density at radius 1 is 1.20 bits per heavy atom. The first-order chi connectivity index (χ1) is 11.5. The van der Waals surface area contributed by atoms with Gasteiger partial charge in [-0.15, -0.1) is 0 Å². The number of ether oxygens (including phenoxy) is 1. The summed E-state index contributed by atoms with van der Waals surface area (Å²) in [5.41, 5.74) is 5.60. The van der Waals surface area contributed by atoms with E-state index in [9.17, 15) is 13.2 Å². The Balaban J connectivity index is 2.00. The summed E-state index contributed by atoms with van der Waals surface area (Å²) >= 11 is 0. The van der Waals surface area contributed by atoms with Gasteiger partial charge in [0.1, 0.15) is 5.60 Å². The van der Waals surface area contributed by atoms with Crippen LogP contribution in [-0.4, -0.2) is 55.5 Å². The molecule has 140 valence electrons. The van der Waals surface area contributed by atoms with E-state index in [-0.39, 0.29) is 17.0 Å². The lowest BCUT2D eigenvalue weighted by Gasteiger charge is -2.36. The summed E-state index contributed by atoms with van der Waals surface area (Å²) in [5.74, 6) is 0. The van der Waals surface area contributed by atoms with Gasteiger partial charge in [0.15, 0.2) is 0 Å². The van der Waals surface area contributed by atoms with Crippen molar-refractivity contribution in [1.82, 2.24) is 9.21 Å². The number of anilines is 1. The van der Waals surface area contributed by atoms with Gasteiger partial charge in [-0.05, 0) is 57.9 Å². The highest BCUT2D eigenvalue weighted by atomic mass is 32.2. The number of hydrogen-bond acceptors (Lipinski definition) is 5. The van der Waals surface area contributed by atoms with E-state index >= 15 is 0 Å². The molecule has 1 aliphatic heterocycles. The van der Waals surface area contributed by atoms with Crippen LogP contribution in [0.15, 0.2) is 29.2 Å². The molecule has 1 aliphatic rings. The zero-order valence-corrected chi connectivity index (χ0v) is 16.0. The number of benzene rings is 1. The molecule has 0 radical (unpaired) electrons. The number of nitrogens with zero attached hydrogens (tertiary/aromatic N) is 2. The minimum atomic E-state index is -3.58. The molecule has 1 fully saturated rings. The second kappa shape index (κ2) is 7.21. The summed E-state index contributed by atoms with van der Waals surface area (Å²) in [5, 5.41) is 0. The standard InChI is InChI=1S/C17H27N3O4S/c1-17(2,3)24-16(21)20-11-9-14(10-12-20)19(4)25(22,23)15-7-5-13(18)6-8-15/h5-8,14H,9-12,18H2,1-4H3. The second-order valence-corrected chi connectivity index (χ2v) is 9.29. The maximum absolute atomic E-state index is 12.7. The maximum Gasteiger partial charge on any atom is 0.410 e. The van der Waals surface area contributed by atoms with Crippen molar-refractivity contribution in [3.8, 4) is 0 Å². The fourth-order valence-electron chi connectivity index (χ4n) is 2.74. The normalized spacial score (nSPS) is 16.9. The van der Waals surface area contributed by atoms with E-state index in [2.05, 4.69) is 0 Å². The average Bonchev–Trinajstić information content (AvgIpc) is 2.53. The van der Waals surface area contributed by atoms with Crippen molar-refractivity contribution in [3.63, 3.8) is 0 Å². The highest BCUT2D eigenvalue weighted by Crippen LogP contribution is 2.24. The minimum Gasteiger partial charge on any atom is -0.444 e. The summed E-state index contributed by atoms with van der Waals surface area (Å²) in [6.07, 6.45) is 0.795. The largest absolute Gasteiger partial charge is 0.444 e. The van der Waals surface area contributed by atoms with Gasteiger partial charge in [0, 0.05) is 31.9 Å². The summed E-state index contributed by atoms with van der Waals surface area (Å²) < 4.78 is 32.2. The third-order valence-electron chi connectivity index (χ3n) is 4.19. The minimum absolute atomic E-state index is 0.152. The number of amides is 1. The fourth-order valence-corrected chi connectivity index (χ4v) is 4.16. The zero-order valence-electron chi connectivity index (χ0n) is 15.2. The number of piperidine rings is 1. The van der Waals surface area contributed by atoms with Crippen molar-refractivity contribution in [2.24, 2.45) is 0 Å². The molecule has 25 heavy (non-hydrogen) atoms. The van der Waals surface area contributed by atoms with E-state index in [1.165, 1.54) is 16.4 Å². The van der Waals surface area contributed by atoms with Crippen LogP contribution in [0.25, 0.3) is 0 Å². The molecule has 2 rings (SSSR count). The van der Waals surface area contributed by atoms with Crippen LogP contribution in [0.2, 0.25) is 0 Å². The number of carbonyl (C=O) groups is 1. The molecule has 1 saturated heterocycles. The number of carbonyl (C=O) groups excluding carboxylic acids is 1. The maximum atomic E-state index is 12.7. The van der Waals surface area contributed by atoms with E-state index in [0.717, 1.165) is 0 Å². The molecule has 1 aromatic rings. The third kappa shape index (κ3) is 4.85. The van der Waals surface area contributed by atoms with Crippen LogP contribution >= 0.6 is 0 Å². The predicted molar refractivity (Wildman–Crippen MR) is 96.6 cm³/mol. The topological polar surface area (TPSA) is 92.9 Å². The second-order valence-electron chi connectivity index (χ2n) is 7.29. The van der Waals surface area contributed by atoms with Gasteiger partial charge in [-0.25, -0.2) is 13.2 Å². The van der Waals surface area contributed by atoms with Gasteiger partial charge < -0.3 is 15.4 Å². The van der Waals surface area contributed by atoms with Gasteiger partial charge in [-0.1, -0.05) is 0 Å². The van der Waals surface area contributed by atoms with E-state index in [1.54, 1.807) is 24.1 Å². The third-order valence-corrected chi connectivity index (χ3v) is 6.11. The fraction of sp³-hybridized carbons (Fsp3) is 0.588. The van der Waals surface area contributed by atoms with Gasteiger partial charge in [-0.2, -0.15) is 4.31 Å². The Labute approximate surface area is 149 Å². The van der Waals surface area contributed by atoms with Crippen LogP contribution in [-0.2, 0) is 14.8 Å². The van der Waals surface area contributed by atoms with Crippen LogP contribution in [0.5, 0.6) is 0 Å². The molecule has 7 nitrogen and oxygen atoms in total. The lowest BCUT2D eigenvalue weighted by molar-refractivity contribution is 0.0183. The van der Waals surface area contributed by atoms with E-state index in [1.807, 2.05) is 20.8 Å². The van der Waals surface area contributed by atoms with Crippen LogP contribution in [0.1, 0.15) is 33.6 Å². The van der Waals surface area contributed by atoms with E-state index < -0.39 is 15.6 Å². The molecule has 1 amide bonds. The van der Waals surface area contributed by atoms with Crippen molar-refractivity contribution in [2.75, 3.05) is 25.9 Å². The smallest absolute Gasteiger partial charge is 0.410 e. The number of hydrogen-bond donors (Lipinski definition) is 1. The SMILES string of the molecule is CN(C1CCN(C(=O)OC(C)(C)C)CC1)S(=O)(=O)c1ccc(N)cc1. The van der Waals surface area contributed by atoms with Gasteiger partial charge >= 0.3 is 6.09 Å². The van der Waals surface area contributed by atoms with Crippen molar-refractivity contribution in [2.45, 2.75) is 50.2 Å². The van der Waals surface area contributed by atoms with Crippen LogP contribution < -0.4 is 5.73 Å². The lowest BCUT2D eigenvalue weighted by atomic mass is 10.1. The highest BCUT2D eigenvalue weighted by Gasteiger charge is 2.33. The first-order valence-corrected chi connectivity index (χ1v) is 9.76. The summed E-state index contributed by atoms with van der Waals surface area (Å²) in [7, 11) is -2.00. The molecule has 1 aromatic carbocycles. The van der Waals surface area contributed by atoms with Gasteiger partial charge in [-0.3, -0.25) is 0 Å². The van der Waals surface area contributed by atoms with Crippen LogP contribution in [0.4, 0.5) is 10.5 Å². The molecular weight excluding hydrogens is 342 g/mol. The first kappa shape index (κ1) is 19.5. The quantitative estimate of drug-likeness (QED) is 0.825. The van der Waals surface area contributed by atoms with Gasteiger partial charge in [0.05, 0.1) is 4.90 Å². The monoisotopic (exact) mass is 369 g/mol. The molecule has 8 heteroatoms. The highest BCUT2D eigenvalue weighted by molar-refractivity contribution is 7.89. The lowest BCUT2D eigenvalue weighted by Crippen LogP contribution is -2.48. The Bertz CT molecular complexity index is 702. The number of rotatable bonds is 3. The van der Waals surface area contributed by atoms with Crippen molar-refractivity contribution >= 4 is 21.8 Å². The summed E-state index contributed by atoms with van der Waals surface area (Å²) in [6, 6.07) is 6.02. The van der Waals surface area contributed by atoms with Crippen molar-refractivity contribution in [1.29, 1.82) is 0 Å². The number of nitrogen functional groups attached to an aromatic ring is 1. The Morgan fingerprint density at radius 2 is 1.72 bits per heavy atom. The van der Waals surface area contributed by atoms with Crippen LogP contribution in [0, 0.1) is 0 Å². The molecule has 0 saturated carbocycles. The van der Waals surface area contributed by atoms with E-state index in [4.69, 9.17) is 10.5 Å². The molecule has 0 spiro atoms. The number of sulfonamides is 1. The van der Waals surface area contributed by atoms with E-state index in [0.29, 0.717) is 31.6 Å². The molecule has 0 bridgehead atoms. The first-order valence-electron chi connectivity index (χ1n) is 8.32. The number of likely N-dealkylation sites (tertiary alicyclic amines) is 1. The van der Waals surface area contributed by atoms with Gasteiger partial charge in [0.2, 0.25) is 10.0 Å². The predicted octanol–water partition coefficient (Wildman–Crippen LogP) is 2.29. The molecule has 2 N–H and O–H groups in total. The zero-order chi connectivity index (χ0) is 18.8. The molecule has 0 aliphatic carbocycles. The van der Waals surface area contributed by atoms with Crippen molar-refractivity contribution in [3.05, 3.63) is 24.3 Å². The van der Waals surface area contributed by atoms with Gasteiger partial charge in [0.25, 0.3) is 0 Å². The average molecular weight is 369 g/mol. The Hall–Kier alpha value is -1.80. The molecule has 0 atom stereocenters.